The highest BCUT2D eigenvalue weighted by Gasteiger charge is 2.47. The predicted octanol–water partition coefficient (Wildman–Crippen LogP) is 11.6. The van der Waals surface area contributed by atoms with Gasteiger partial charge < -0.3 is 14.4 Å². The number of hydrogen-bond donors (Lipinski definition) is 0. The van der Waals surface area contributed by atoms with Crippen molar-refractivity contribution in [3.63, 3.8) is 0 Å². The van der Waals surface area contributed by atoms with Gasteiger partial charge in [-0.05, 0) is 112 Å². The van der Waals surface area contributed by atoms with Crippen LogP contribution in [0.4, 0.5) is 34.1 Å². The van der Waals surface area contributed by atoms with Crippen molar-refractivity contribution in [2.45, 2.75) is 52.4 Å². The molecule has 0 saturated heterocycles. The first-order valence-corrected chi connectivity index (χ1v) is 20.0. The largest absolute Gasteiger partial charge is 0.311 e. The summed E-state index contributed by atoms with van der Waals surface area (Å²) < 4.78 is 2.64. The van der Waals surface area contributed by atoms with E-state index in [1.165, 1.54) is 83.6 Å². The molecule has 0 spiro atoms. The number of hydrogen-bond acceptors (Lipinski definition) is 2. The smallest absolute Gasteiger partial charge is 0.252 e. The van der Waals surface area contributed by atoms with Crippen molar-refractivity contribution in [1.82, 2.24) is 4.57 Å². The van der Waals surface area contributed by atoms with E-state index in [9.17, 15) is 0 Å². The number of para-hydroxylation sites is 3. The fourth-order valence-electron chi connectivity index (χ4n) is 10.2. The topological polar surface area (TPSA) is 11.4 Å². The Morgan fingerprint density at radius 1 is 0.589 bits per heavy atom. The van der Waals surface area contributed by atoms with Crippen LogP contribution in [0.15, 0.2) is 158 Å². The molecule has 1 aromatic heterocycles. The Morgan fingerprint density at radius 2 is 1.27 bits per heavy atom. The molecule has 3 heterocycles. The van der Waals surface area contributed by atoms with E-state index in [4.69, 9.17) is 0 Å². The SMILES string of the molecule is Cc1cc2c3c(c1)-n1c4c(c5cccc(c51)B3c1ccc(N(c3ccccc3)c3ccccc3)cc1N2c1cccc(C(C)(C)C)c1)C(C)(C)c1ccccc1-4. The first-order chi connectivity index (χ1) is 27.1. The number of aryl methyl sites for hydroxylation is 1. The van der Waals surface area contributed by atoms with Crippen LogP contribution in [0.5, 0.6) is 0 Å². The summed E-state index contributed by atoms with van der Waals surface area (Å²) in [6.45, 7) is 14.1. The van der Waals surface area contributed by atoms with Crippen molar-refractivity contribution in [2.24, 2.45) is 0 Å². The van der Waals surface area contributed by atoms with Crippen LogP contribution in [0.25, 0.3) is 27.8 Å². The van der Waals surface area contributed by atoms with Gasteiger partial charge in [0.25, 0.3) is 6.71 Å². The average Bonchev–Trinajstić information content (AvgIpc) is 3.68. The fourth-order valence-corrected chi connectivity index (χ4v) is 10.2. The predicted molar refractivity (Wildman–Crippen MR) is 238 cm³/mol. The standard InChI is InChI=1S/C52H44BN3/c1-33-29-45-48-46(30-33)56-49-40(47-50(56)39-23-13-14-25-41(39)52(47,5)6)24-16-26-43(49)53(48)42-28-27-38(54(35-18-9-7-10-19-35)36-20-11-8-12-21-36)32-44(42)55(45)37-22-15-17-34(31-37)51(2,3)4/h7-32H,1-6H3. The molecule has 7 aromatic carbocycles. The maximum Gasteiger partial charge on any atom is 0.252 e. The van der Waals surface area contributed by atoms with Gasteiger partial charge in [0.15, 0.2) is 0 Å². The fraction of sp³-hybridized carbons (Fsp3) is 0.154. The monoisotopic (exact) mass is 721 g/mol. The molecule has 2 aliphatic heterocycles. The summed E-state index contributed by atoms with van der Waals surface area (Å²) in [7, 11) is 0. The van der Waals surface area contributed by atoms with Gasteiger partial charge in [-0.15, -0.1) is 0 Å². The molecule has 4 heteroatoms. The minimum absolute atomic E-state index is 0.00110. The highest BCUT2D eigenvalue weighted by Crippen LogP contribution is 2.54. The van der Waals surface area contributed by atoms with Gasteiger partial charge in [-0.1, -0.05) is 132 Å². The van der Waals surface area contributed by atoms with Gasteiger partial charge in [-0.2, -0.15) is 0 Å². The molecule has 0 saturated carbocycles. The average molecular weight is 722 g/mol. The van der Waals surface area contributed by atoms with Crippen molar-refractivity contribution < 1.29 is 0 Å². The van der Waals surface area contributed by atoms with Crippen LogP contribution in [0.1, 0.15) is 56.9 Å². The van der Waals surface area contributed by atoms with Gasteiger partial charge in [-0.3, -0.25) is 0 Å². The third-order valence-corrected chi connectivity index (χ3v) is 12.7. The molecule has 56 heavy (non-hydrogen) atoms. The first-order valence-electron chi connectivity index (χ1n) is 20.0. The maximum absolute atomic E-state index is 2.64. The molecule has 0 bridgehead atoms. The summed E-state index contributed by atoms with van der Waals surface area (Å²) >= 11 is 0. The van der Waals surface area contributed by atoms with Crippen molar-refractivity contribution in [1.29, 1.82) is 0 Å². The van der Waals surface area contributed by atoms with Crippen LogP contribution in [0.3, 0.4) is 0 Å². The normalized spacial score (nSPS) is 14.3. The van der Waals surface area contributed by atoms with Crippen LogP contribution >= 0.6 is 0 Å². The minimum atomic E-state index is -0.120. The van der Waals surface area contributed by atoms with E-state index in [1.54, 1.807) is 0 Å². The van der Waals surface area contributed by atoms with Crippen LogP contribution in [0, 0.1) is 6.92 Å². The van der Waals surface area contributed by atoms with E-state index in [0.717, 1.165) is 17.1 Å². The summed E-state index contributed by atoms with van der Waals surface area (Å²) in [5.74, 6) is 0. The highest BCUT2D eigenvalue weighted by molar-refractivity contribution is 7.00. The Morgan fingerprint density at radius 3 is 2.00 bits per heavy atom. The van der Waals surface area contributed by atoms with Crippen molar-refractivity contribution in [3.05, 3.63) is 180 Å². The van der Waals surface area contributed by atoms with E-state index in [0.29, 0.717) is 0 Å². The molecule has 8 aromatic rings. The van der Waals surface area contributed by atoms with Crippen LogP contribution in [-0.4, -0.2) is 11.3 Å². The van der Waals surface area contributed by atoms with Crippen LogP contribution in [-0.2, 0) is 10.8 Å². The molecule has 0 unspecified atom stereocenters. The lowest BCUT2D eigenvalue weighted by Gasteiger charge is -2.41. The lowest BCUT2D eigenvalue weighted by Crippen LogP contribution is -2.60. The molecule has 0 atom stereocenters. The quantitative estimate of drug-likeness (QED) is 0.168. The molecule has 3 nitrogen and oxygen atoms in total. The third kappa shape index (κ3) is 4.53. The second-order valence-electron chi connectivity index (χ2n) is 17.5. The van der Waals surface area contributed by atoms with Gasteiger partial charge in [0.2, 0.25) is 0 Å². The lowest BCUT2D eigenvalue weighted by molar-refractivity contribution is 0.590. The zero-order chi connectivity index (χ0) is 38.1. The van der Waals surface area contributed by atoms with Gasteiger partial charge in [0, 0.05) is 61.7 Å². The molecular weight excluding hydrogens is 677 g/mol. The van der Waals surface area contributed by atoms with Crippen molar-refractivity contribution in [3.8, 4) is 16.9 Å². The van der Waals surface area contributed by atoms with Gasteiger partial charge >= 0.3 is 0 Å². The van der Waals surface area contributed by atoms with Crippen LogP contribution < -0.4 is 26.2 Å². The van der Waals surface area contributed by atoms with E-state index in [-0.39, 0.29) is 17.5 Å². The van der Waals surface area contributed by atoms with E-state index in [1.807, 2.05) is 0 Å². The number of aromatic nitrogens is 1. The Balaban J connectivity index is 1.24. The highest BCUT2D eigenvalue weighted by atomic mass is 15.2. The number of nitrogens with zero attached hydrogens (tertiary/aromatic N) is 3. The molecule has 0 amide bonds. The summed E-state index contributed by atoms with van der Waals surface area (Å²) in [5, 5.41) is 1.37. The first kappa shape index (κ1) is 33.1. The Hall–Kier alpha value is -6.26. The molecular formula is C52H44BN3. The van der Waals surface area contributed by atoms with Gasteiger partial charge in [0.05, 0.1) is 5.69 Å². The second-order valence-corrected chi connectivity index (χ2v) is 17.5. The summed E-state index contributed by atoms with van der Waals surface area (Å²) in [4.78, 5) is 4.95. The minimum Gasteiger partial charge on any atom is -0.311 e. The number of rotatable bonds is 4. The van der Waals surface area contributed by atoms with Crippen molar-refractivity contribution in [2.75, 3.05) is 9.80 Å². The third-order valence-electron chi connectivity index (χ3n) is 12.7. The Labute approximate surface area is 330 Å². The van der Waals surface area contributed by atoms with E-state index < -0.39 is 0 Å². The molecule has 11 rings (SSSR count). The molecule has 1 aliphatic carbocycles. The Kier molecular flexibility index (Phi) is 6.88. The van der Waals surface area contributed by atoms with Crippen molar-refractivity contribution >= 4 is 68.1 Å². The lowest BCUT2D eigenvalue weighted by atomic mass is 9.33. The van der Waals surface area contributed by atoms with Gasteiger partial charge in [0.1, 0.15) is 0 Å². The van der Waals surface area contributed by atoms with E-state index in [2.05, 4.69) is 214 Å². The van der Waals surface area contributed by atoms with E-state index >= 15 is 0 Å². The summed E-state index contributed by atoms with van der Waals surface area (Å²) in [5.41, 5.74) is 21.8. The Bertz CT molecular complexity index is 2860. The maximum atomic E-state index is 2.64. The zero-order valence-corrected chi connectivity index (χ0v) is 32.9. The number of fused-ring (bicyclic) bond motifs is 9. The molecule has 0 N–H and O–H groups in total. The molecule has 3 aliphatic rings. The summed E-state index contributed by atoms with van der Waals surface area (Å²) in [6, 6.07) is 59.0. The number of benzene rings is 7. The number of anilines is 6. The molecule has 0 fully saturated rings. The molecule has 270 valence electrons. The second kappa shape index (κ2) is 11.6. The van der Waals surface area contributed by atoms with Crippen LogP contribution in [0.2, 0.25) is 0 Å². The zero-order valence-electron chi connectivity index (χ0n) is 32.9. The molecule has 0 radical (unpaired) electrons. The summed E-state index contributed by atoms with van der Waals surface area (Å²) in [6.07, 6.45) is 0. The van der Waals surface area contributed by atoms with Gasteiger partial charge in [-0.25, -0.2) is 0 Å².